The molecule has 0 aliphatic heterocycles. The summed E-state index contributed by atoms with van der Waals surface area (Å²) in [4.78, 5) is 4.75. The van der Waals surface area contributed by atoms with Crippen LogP contribution in [0, 0.1) is 0 Å². The van der Waals surface area contributed by atoms with Crippen molar-refractivity contribution in [2.24, 2.45) is 0 Å². The van der Waals surface area contributed by atoms with Crippen LogP contribution in [0.25, 0.3) is 90.0 Å². The maximum atomic E-state index is 8.49. The minimum absolute atomic E-state index is 0.120. The Labute approximate surface area is 503 Å². The van der Waals surface area contributed by atoms with Gasteiger partial charge in [-0.1, -0.05) is 247 Å². The highest BCUT2D eigenvalue weighted by Crippen LogP contribution is 2.54. The van der Waals surface area contributed by atoms with Crippen LogP contribution in [0.2, 0.25) is 0 Å². The Morgan fingerprint density at radius 1 is 0.286 bits per heavy atom. The standard InChI is InChI=1S/C82H64N2/c1-7-55-21-19-27-61(49-55)63-37-47-79(73(51-63)59-23-11-9-12-24-59)83(67-43-45-71-69-29-15-17-31-75(69)81(3,4)77(71)53-67)65-39-33-57(34-40-65)58-35-41-66(42-36-58)84(68-44-46-72-70-30-16-18-32-76(70)82(5,6)78(72)54-68)80-48-38-64(62-28-20-22-56(8-2)50-62)52-74(80)60-25-13-10-14-26-60/h7-54H,1-2H2,3-6H3/i1D2,2D2,7D,8D. The van der Waals surface area contributed by atoms with Crippen LogP contribution in [-0.2, 0) is 10.8 Å². The van der Waals surface area contributed by atoms with Crippen molar-refractivity contribution >= 4 is 46.2 Å². The third-order valence-corrected chi connectivity index (χ3v) is 17.6. The van der Waals surface area contributed by atoms with Crippen LogP contribution in [0.1, 0.15) is 69.3 Å². The van der Waals surface area contributed by atoms with Crippen LogP contribution < -0.4 is 9.80 Å². The Morgan fingerprint density at radius 2 is 0.631 bits per heavy atom. The fourth-order valence-electron chi connectivity index (χ4n) is 13.2. The molecule has 2 nitrogen and oxygen atoms in total. The molecular weight excluding hydrogens is 1010 g/mol. The van der Waals surface area contributed by atoms with E-state index in [0.717, 1.165) is 89.8 Å². The molecule has 12 aromatic rings. The van der Waals surface area contributed by atoms with Crippen LogP contribution in [-0.4, -0.2) is 0 Å². The molecule has 0 aromatic heterocycles. The molecule has 402 valence electrons. The normalized spacial score (nSPS) is 14.0. The predicted molar refractivity (Wildman–Crippen MR) is 358 cm³/mol. The van der Waals surface area contributed by atoms with E-state index in [4.69, 9.17) is 8.22 Å². The summed E-state index contributed by atoms with van der Waals surface area (Å²) < 4.78 is 48.6. The van der Waals surface area contributed by atoms with Gasteiger partial charge in [-0.2, -0.15) is 0 Å². The van der Waals surface area contributed by atoms with Crippen molar-refractivity contribution in [2.75, 3.05) is 9.80 Å². The van der Waals surface area contributed by atoms with Gasteiger partial charge in [-0.3, -0.25) is 0 Å². The van der Waals surface area contributed by atoms with E-state index in [9.17, 15) is 0 Å². The van der Waals surface area contributed by atoms with Crippen molar-refractivity contribution < 1.29 is 8.22 Å². The molecule has 0 radical (unpaired) electrons. The fraction of sp³-hybridized carbons (Fsp3) is 0.0732. The predicted octanol–water partition coefficient (Wildman–Crippen LogP) is 22.9. The second-order valence-corrected chi connectivity index (χ2v) is 23.2. The second kappa shape index (κ2) is 20.9. The molecule has 0 atom stereocenters. The number of fused-ring (bicyclic) bond motifs is 6. The maximum Gasteiger partial charge on any atom is 0.0623 e. The molecule has 0 amide bonds. The van der Waals surface area contributed by atoms with Crippen molar-refractivity contribution in [2.45, 2.75) is 38.5 Å². The molecule has 2 aliphatic carbocycles. The molecule has 14 rings (SSSR count). The Morgan fingerprint density at radius 3 is 1.05 bits per heavy atom. The summed E-state index contributed by atoms with van der Waals surface area (Å²) in [5, 5.41) is 0. The average Bonchev–Trinajstić information content (AvgIpc) is 1.58. The van der Waals surface area contributed by atoms with Crippen molar-refractivity contribution in [3.8, 4) is 77.9 Å². The highest BCUT2D eigenvalue weighted by atomic mass is 15.2. The highest BCUT2D eigenvalue weighted by molar-refractivity contribution is 5.95. The SMILES string of the molecule is [2H]C([2H])=C([2H])c1cccc(-c2ccc(N(c3ccc(-c4ccc(N(c5ccc6c(c5)C(C)(C)c5ccccc5-6)c5ccc(-c6cccc(C([2H])=C([2H])[2H])c6)cc5-c5ccccc5)cc4)cc3)c3ccc4c(c3)C(C)(C)c3ccccc3-4)c(-c3ccccc3)c2)c1. The summed E-state index contributed by atoms with van der Waals surface area (Å²) in [7, 11) is 0. The molecule has 84 heavy (non-hydrogen) atoms. The third-order valence-electron chi connectivity index (χ3n) is 17.6. The fourth-order valence-corrected chi connectivity index (χ4v) is 13.2. The minimum Gasteiger partial charge on any atom is -0.310 e. The lowest BCUT2D eigenvalue weighted by Crippen LogP contribution is -2.17. The third kappa shape index (κ3) is 8.99. The van der Waals surface area contributed by atoms with E-state index in [-0.39, 0.29) is 22.9 Å². The van der Waals surface area contributed by atoms with Gasteiger partial charge < -0.3 is 9.80 Å². The topological polar surface area (TPSA) is 6.48 Å². The quantitative estimate of drug-likeness (QED) is 0.114. The summed E-state index contributed by atoms with van der Waals surface area (Å²) >= 11 is 0. The number of hydrogen-bond acceptors (Lipinski definition) is 2. The number of hydrogen-bond donors (Lipinski definition) is 0. The zero-order chi connectivity index (χ0) is 62.0. The highest BCUT2D eigenvalue weighted by Gasteiger charge is 2.37. The molecule has 0 saturated carbocycles. The molecule has 0 heterocycles. The summed E-state index contributed by atoms with van der Waals surface area (Å²) in [6.07, 6.45) is 0. The van der Waals surface area contributed by atoms with Gasteiger partial charge in [-0.15, -0.1) is 0 Å². The maximum absolute atomic E-state index is 8.49. The largest absolute Gasteiger partial charge is 0.310 e. The Hall–Kier alpha value is -10.3. The van der Waals surface area contributed by atoms with E-state index in [1.54, 1.807) is 12.1 Å². The van der Waals surface area contributed by atoms with Crippen molar-refractivity contribution in [3.63, 3.8) is 0 Å². The van der Waals surface area contributed by atoms with Crippen molar-refractivity contribution in [3.05, 3.63) is 325 Å². The van der Waals surface area contributed by atoms with Crippen LogP contribution >= 0.6 is 0 Å². The molecule has 0 unspecified atom stereocenters. The molecule has 2 aliphatic rings. The summed E-state index contributed by atoms with van der Waals surface area (Å²) in [5.41, 5.74) is 26.8. The molecule has 2 heteroatoms. The van der Waals surface area contributed by atoms with Gasteiger partial charge in [0.25, 0.3) is 0 Å². The Bertz CT molecular complexity index is 4520. The lowest BCUT2D eigenvalue weighted by molar-refractivity contribution is 0.660. The van der Waals surface area contributed by atoms with Crippen molar-refractivity contribution in [1.82, 2.24) is 0 Å². The summed E-state index contributed by atoms with van der Waals surface area (Å²) in [5.74, 6) is 0. The van der Waals surface area contributed by atoms with Gasteiger partial charge in [-0.05, 0) is 185 Å². The van der Waals surface area contributed by atoms with E-state index >= 15 is 0 Å². The number of anilines is 6. The Balaban J connectivity index is 0.888. The van der Waals surface area contributed by atoms with Gasteiger partial charge in [-0.25, -0.2) is 0 Å². The second-order valence-electron chi connectivity index (χ2n) is 23.2. The first-order valence-corrected chi connectivity index (χ1v) is 28.8. The zero-order valence-electron chi connectivity index (χ0n) is 53.5. The first kappa shape index (κ1) is 45.3. The Kier molecular flexibility index (Phi) is 11.3. The molecule has 0 bridgehead atoms. The van der Waals surface area contributed by atoms with E-state index in [1.165, 1.54) is 44.5 Å². The summed E-state index contributed by atoms with van der Waals surface area (Å²) in [6, 6.07) is 98.2. The van der Waals surface area contributed by atoms with E-state index in [1.807, 2.05) is 48.5 Å². The molecule has 0 fully saturated rings. The van der Waals surface area contributed by atoms with Crippen LogP contribution in [0.15, 0.2) is 292 Å². The number of benzene rings is 12. The van der Waals surface area contributed by atoms with E-state index in [2.05, 4.69) is 256 Å². The van der Waals surface area contributed by atoms with E-state index < -0.39 is 13.1 Å². The van der Waals surface area contributed by atoms with E-state index in [0.29, 0.717) is 11.1 Å². The average molecular weight is 1080 g/mol. The zero-order valence-corrected chi connectivity index (χ0v) is 47.5. The lowest BCUT2D eigenvalue weighted by atomic mass is 9.82. The number of rotatable bonds is 13. The van der Waals surface area contributed by atoms with Crippen LogP contribution in [0.3, 0.4) is 0 Å². The molecular formula is C82H64N2. The smallest absolute Gasteiger partial charge is 0.0623 e. The molecule has 0 N–H and O–H groups in total. The van der Waals surface area contributed by atoms with Crippen LogP contribution in [0.4, 0.5) is 34.1 Å². The van der Waals surface area contributed by atoms with Gasteiger partial charge in [0.1, 0.15) is 0 Å². The minimum atomic E-state index is -0.522. The van der Waals surface area contributed by atoms with Gasteiger partial charge in [0, 0.05) is 44.7 Å². The van der Waals surface area contributed by atoms with Gasteiger partial charge in [0.2, 0.25) is 0 Å². The van der Waals surface area contributed by atoms with Gasteiger partial charge in [0.05, 0.1) is 19.6 Å². The molecule has 0 spiro atoms. The molecule has 12 aromatic carbocycles. The van der Waals surface area contributed by atoms with Crippen LogP contribution in [0.5, 0.6) is 0 Å². The molecule has 0 saturated heterocycles. The summed E-state index contributed by atoms with van der Waals surface area (Å²) in [6.45, 7) is 8.24. The first-order chi connectivity index (χ1) is 43.6. The first-order valence-electron chi connectivity index (χ1n) is 31.8. The lowest BCUT2D eigenvalue weighted by Gasteiger charge is -2.30. The number of nitrogens with zero attached hydrogens (tertiary/aromatic N) is 2. The monoisotopic (exact) mass is 1080 g/mol. The van der Waals surface area contributed by atoms with Gasteiger partial charge in [0.15, 0.2) is 0 Å². The van der Waals surface area contributed by atoms with Crippen molar-refractivity contribution in [1.29, 1.82) is 0 Å². The van der Waals surface area contributed by atoms with Gasteiger partial charge >= 0.3 is 0 Å².